The largest absolute Gasteiger partial charge is 0.378 e. The van der Waals surface area contributed by atoms with Crippen molar-refractivity contribution in [1.82, 2.24) is 5.32 Å². The number of aryl methyl sites for hydroxylation is 1. The summed E-state index contributed by atoms with van der Waals surface area (Å²) < 4.78 is 33.0. The highest BCUT2D eigenvalue weighted by atomic mass is 35.5. The number of hydrogen-bond acceptors (Lipinski definition) is 5. The number of ether oxygens (including phenoxy) is 1. The molecule has 0 aromatic heterocycles. The van der Waals surface area contributed by atoms with Gasteiger partial charge in [0.05, 0.1) is 34.4 Å². The minimum Gasteiger partial charge on any atom is -0.378 e. The highest BCUT2D eigenvalue weighted by molar-refractivity contribution is 7.92. The van der Waals surface area contributed by atoms with Crippen LogP contribution in [-0.2, 0) is 21.3 Å². The van der Waals surface area contributed by atoms with Crippen molar-refractivity contribution in [3.05, 3.63) is 88.4 Å². The number of nitrogens with zero attached hydrogens (tertiary/aromatic N) is 1. The van der Waals surface area contributed by atoms with Gasteiger partial charge in [0.2, 0.25) is 0 Å². The average Bonchev–Trinajstić information content (AvgIpc) is 2.83. The Bertz CT molecular complexity index is 1260. The number of nitrogens with one attached hydrogen (secondary N) is 2. The number of halogens is 1. The van der Waals surface area contributed by atoms with Gasteiger partial charge in [-0.1, -0.05) is 41.4 Å². The summed E-state index contributed by atoms with van der Waals surface area (Å²) in [4.78, 5) is 15.1. The Morgan fingerprint density at radius 3 is 2.32 bits per heavy atom. The third-order valence-electron chi connectivity index (χ3n) is 5.56. The van der Waals surface area contributed by atoms with Crippen molar-refractivity contribution in [3.63, 3.8) is 0 Å². The zero-order valence-electron chi connectivity index (χ0n) is 18.8. The monoisotopic (exact) mass is 499 g/mol. The molecule has 0 unspecified atom stereocenters. The van der Waals surface area contributed by atoms with Crippen molar-refractivity contribution in [3.8, 4) is 0 Å². The van der Waals surface area contributed by atoms with E-state index in [1.807, 2.05) is 31.2 Å². The van der Waals surface area contributed by atoms with E-state index >= 15 is 0 Å². The molecule has 4 rings (SSSR count). The number of benzene rings is 3. The first-order valence-electron chi connectivity index (χ1n) is 10.9. The van der Waals surface area contributed by atoms with Crippen LogP contribution in [0, 0.1) is 6.92 Å². The summed E-state index contributed by atoms with van der Waals surface area (Å²) in [5, 5.41) is 3.02. The summed E-state index contributed by atoms with van der Waals surface area (Å²) in [6.45, 7) is 5.42. The quantitative estimate of drug-likeness (QED) is 0.508. The molecular weight excluding hydrogens is 474 g/mol. The average molecular weight is 500 g/mol. The molecular formula is C25H26ClN3O4S. The van der Waals surface area contributed by atoms with E-state index in [0.717, 1.165) is 43.1 Å². The molecule has 0 atom stereocenters. The molecule has 0 aliphatic carbocycles. The van der Waals surface area contributed by atoms with Crippen LogP contribution in [0.2, 0.25) is 5.02 Å². The first-order valence-corrected chi connectivity index (χ1v) is 12.8. The molecule has 3 aromatic rings. The van der Waals surface area contributed by atoms with Crippen molar-refractivity contribution in [2.45, 2.75) is 18.4 Å². The molecule has 1 aliphatic rings. The molecule has 0 bridgehead atoms. The number of sulfonamides is 1. The van der Waals surface area contributed by atoms with Crippen LogP contribution in [0.5, 0.6) is 0 Å². The van der Waals surface area contributed by atoms with Gasteiger partial charge in [0.1, 0.15) is 0 Å². The summed E-state index contributed by atoms with van der Waals surface area (Å²) in [6, 6.07) is 19.0. The molecule has 9 heteroatoms. The van der Waals surface area contributed by atoms with Crippen molar-refractivity contribution < 1.29 is 17.9 Å². The van der Waals surface area contributed by atoms with Crippen LogP contribution in [0.15, 0.2) is 71.6 Å². The Balaban J connectivity index is 1.37. The maximum absolute atomic E-state index is 12.6. The van der Waals surface area contributed by atoms with E-state index in [1.54, 1.807) is 12.1 Å². The molecule has 0 saturated carbocycles. The van der Waals surface area contributed by atoms with Crippen LogP contribution >= 0.6 is 11.6 Å². The number of anilines is 2. The van der Waals surface area contributed by atoms with Gasteiger partial charge in [-0.05, 0) is 55.0 Å². The Hall–Kier alpha value is -3.07. The summed E-state index contributed by atoms with van der Waals surface area (Å²) in [6.07, 6.45) is 0. The molecule has 1 fully saturated rings. The predicted molar refractivity (Wildman–Crippen MR) is 134 cm³/mol. The van der Waals surface area contributed by atoms with Crippen LogP contribution in [0.1, 0.15) is 21.5 Å². The van der Waals surface area contributed by atoms with E-state index in [1.165, 1.54) is 30.3 Å². The lowest BCUT2D eigenvalue weighted by Crippen LogP contribution is -2.36. The van der Waals surface area contributed by atoms with Crippen molar-refractivity contribution in [2.24, 2.45) is 0 Å². The van der Waals surface area contributed by atoms with E-state index in [-0.39, 0.29) is 27.1 Å². The first-order chi connectivity index (χ1) is 16.3. The van der Waals surface area contributed by atoms with Crippen molar-refractivity contribution in [2.75, 3.05) is 35.9 Å². The third-order valence-corrected chi connectivity index (χ3v) is 7.27. The van der Waals surface area contributed by atoms with Gasteiger partial charge >= 0.3 is 0 Å². The van der Waals surface area contributed by atoms with Gasteiger partial charge in [-0.2, -0.15) is 0 Å². The Labute approximate surface area is 204 Å². The summed E-state index contributed by atoms with van der Waals surface area (Å²) >= 11 is 6.30. The molecule has 0 radical (unpaired) electrons. The number of hydrogen-bond donors (Lipinski definition) is 2. The van der Waals surface area contributed by atoms with Crippen LogP contribution in [-0.4, -0.2) is 40.6 Å². The lowest BCUT2D eigenvalue weighted by Gasteiger charge is -2.28. The number of rotatable bonds is 7. The second-order valence-corrected chi connectivity index (χ2v) is 10.2. The van der Waals surface area contributed by atoms with Crippen molar-refractivity contribution in [1.29, 1.82) is 0 Å². The minimum atomic E-state index is -3.76. The highest BCUT2D eigenvalue weighted by Gasteiger charge is 2.17. The Morgan fingerprint density at radius 2 is 1.68 bits per heavy atom. The fourth-order valence-corrected chi connectivity index (χ4v) is 4.93. The summed E-state index contributed by atoms with van der Waals surface area (Å²) in [5.74, 6) is -0.338. The molecule has 3 aromatic carbocycles. The second kappa shape index (κ2) is 10.5. The van der Waals surface area contributed by atoms with Gasteiger partial charge in [-0.15, -0.1) is 0 Å². The van der Waals surface area contributed by atoms with Gasteiger partial charge < -0.3 is 15.0 Å². The van der Waals surface area contributed by atoms with Gasteiger partial charge in [0.15, 0.2) is 0 Å². The standard InChI is InChI=1S/C25H26ClN3O4S/c1-18-2-9-22(10-3-18)34(31,32)28-20-6-11-23(24(26)16-20)25(30)27-17-19-4-7-21(8-5-19)29-12-14-33-15-13-29/h2-11,16,28H,12-15,17H2,1H3,(H,27,30). The SMILES string of the molecule is Cc1ccc(S(=O)(=O)Nc2ccc(C(=O)NCc3ccc(N4CCOCC4)cc3)c(Cl)c2)cc1. The molecule has 1 aliphatic heterocycles. The lowest BCUT2D eigenvalue weighted by atomic mass is 10.1. The predicted octanol–water partition coefficient (Wildman–Crippen LogP) is 4.22. The summed E-state index contributed by atoms with van der Waals surface area (Å²) in [5.41, 5.74) is 3.60. The highest BCUT2D eigenvalue weighted by Crippen LogP contribution is 2.24. The van der Waals surface area contributed by atoms with Crippen LogP contribution in [0.3, 0.4) is 0 Å². The number of morpholine rings is 1. The number of carbonyl (C=O) groups is 1. The van der Waals surface area contributed by atoms with E-state index in [9.17, 15) is 13.2 Å². The first kappa shape index (κ1) is 24.1. The Kier molecular flexibility index (Phi) is 7.41. The topological polar surface area (TPSA) is 87.7 Å². The molecule has 1 saturated heterocycles. The number of amides is 1. The fourth-order valence-electron chi connectivity index (χ4n) is 3.62. The molecule has 2 N–H and O–H groups in total. The third kappa shape index (κ3) is 5.88. The van der Waals surface area contributed by atoms with Crippen molar-refractivity contribution >= 4 is 38.9 Å². The van der Waals surface area contributed by atoms with Crippen LogP contribution < -0.4 is 14.9 Å². The van der Waals surface area contributed by atoms with E-state index in [2.05, 4.69) is 14.9 Å². The number of carbonyl (C=O) groups excluding carboxylic acids is 1. The molecule has 1 heterocycles. The molecule has 0 spiro atoms. The molecule has 7 nitrogen and oxygen atoms in total. The van der Waals surface area contributed by atoms with E-state index < -0.39 is 10.0 Å². The lowest BCUT2D eigenvalue weighted by molar-refractivity contribution is 0.0951. The maximum Gasteiger partial charge on any atom is 0.261 e. The van der Waals surface area contributed by atoms with E-state index in [4.69, 9.17) is 16.3 Å². The van der Waals surface area contributed by atoms with Gasteiger partial charge in [-0.25, -0.2) is 8.42 Å². The molecule has 34 heavy (non-hydrogen) atoms. The van der Waals surface area contributed by atoms with E-state index in [0.29, 0.717) is 6.54 Å². The molecule has 1 amide bonds. The fraction of sp³-hybridized carbons (Fsp3) is 0.240. The minimum absolute atomic E-state index is 0.149. The maximum atomic E-state index is 12.6. The van der Waals surface area contributed by atoms with Gasteiger partial charge in [0, 0.05) is 25.3 Å². The zero-order chi connectivity index (χ0) is 24.1. The van der Waals surface area contributed by atoms with Crippen LogP contribution in [0.4, 0.5) is 11.4 Å². The normalized spacial score (nSPS) is 14.0. The smallest absolute Gasteiger partial charge is 0.261 e. The van der Waals surface area contributed by atoms with Gasteiger partial charge in [0.25, 0.3) is 15.9 Å². The Morgan fingerprint density at radius 1 is 1.00 bits per heavy atom. The van der Waals surface area contributed by atoms with Gasteiger partial charge in [-0.3, -0.25) is 9.52 Å². The molecule has 178 valence electrons. The summed E-state index contributed by atoms with van der Waals surface area (Å²) in [7, 11) is -3.76. The zero-order valence-corrected chi connectivity index (χ0v) is 20.3. The second-order valence-electron chi connectivity index (χ2n) is 8.06. The van der Waals surface area contributed by atoms with Crippen LogP contribution in [0.25, 0.3) is 0 Å².